The number of hydrogen-bond donors (Lipinski definition) is 0. The molecule has 0 aliphatic rings. The molecule has 2 rings (SSSR count). The maximum Gasteiger partial charge on any atom is 0.150 e. The summed E-state index contributed by atoms with van der Waals surface area (Å²) in [7, 11) is 0. The Balaban J connectivity index is 0.000000365. The van der Waals surface area contributed by atoms with Gasteiger partial charge in [-0.2, -0.15) is 0 Å². The predicted molar refractivity (Wildman–Crippen MR) is 102 cm³/mol. The lowest BCUT2D eigenvalue weighted by Gasteiger charge is -1.91. The largest absolute Gasteiger partial charge is 0.298 e. The lowest BCUT2D eigenvalue weighted by Crippen LogP contribution is -1.77. The number of carbonyl (C=O) groups excluding carboxylic acids is 2. The zero-order chi connectivity index (χ0) is 17.5. The van der Waals surface area contributed by atoms with E-state index in [0.29, 0.717) is 5.56 Å². The van der Waals surface area contributed by atoms with E-state index in [9.17, 15) is 9.59 Å². The monoisotopic (exact) mass is 372 g/mol. The second-order valence-corrected chi connectivity index (χ2v) is 5.28. The minimum Gasteiger partial charge on any atom is -0.298 e. The smallest absolute Gasteiger partial charge is 0.150 e. The molecule has 0 heterocycles. The maximum atomic E-state index is 10.3. The molecule has 23 heavy (non-hydrogen) atoms. The van der Waals surface area contributed by atoms with Crippen molar-refractivity contribution in [2.45, 2.75) is 13.8 Å². The second kappa shape index (κ2) is 13.4. The van der Waals surface area contributed by atoms with E-state index in [4.69, 9.17) is 0 Å². The van der Waals surface area contributed by atoms with E-state index in [1.807, 2.05) is 62.4 Å². The molecule has 0 amide bonds. The van der Waals surface area contributed by atoms with Crippen molar-refractivity contribution >= 4 is 34.6 Å². The van der Waals surface area contributed by atoms with E-state index >= 15 is 0 Å². The van der Waals surface area contributed by atoms with Gasteiger partial charge in [-0.25, -0.2) is 0 Å². The Morgan fingerprint density at radius 3 is 1.48 bits per heavy atom. The zero-order valence-electron chi connectivity index (χ0n) is 13.4. The number of benzene rings is 2. The van der Waals surface area contributed by atoms with Gasteiger partial charge < -0.3 is 0 Å². The first kappa shape index (κ1) is 20.7. The molecule has 0 saturated carbocycles. The molecule has 0 saturated heterocycles. The number of hydrogen-bond acceptors (Lipinski definition) is 2. The molecule has 0 spiro atoms. The molecule has 2 aromatic carbocycles. The zero-order valence-corrected chi connectivity index (χ0v) is 15.0. The van der Waals surface area contributed by atoms with Crippen molar-refractivity contribution in [1.29, 1.82) is 0 Å². The number of aldehydes is 2. The van der Waals surface area contributed by atoms with Crippen molar-refractivity contribution in [1.82, 2.24) is 0 Å². The molecule has 0 aliphatic heterocycles. The van der Waals surface area contributed by atoms with Gasteiger partial charge in [0, 0.05) is 15.6 Å². The highest BCUT2D eigenvalue weighted by Crippen LogP contribution is 2.08. The third kappa shape index (κ3) is 10.1. The van der Waals surface area contributed by atoms with Crippen LogP contribution in [0.5, 0.6) is 0 Å². The molecule has 0 fully saturated rings. The summed E-state index contributed by atoms with van der Waals surface area (Å²) in [5.74, 6) is 0. The standard InChI is InChI=1S/C10H10O.C7H5BrO.C3H6/c1-2-3-9-4-6-10(8-11)7-5-9;8-7-3-1-6(5-9)2-4-7;1-3-2/h2-8H,1H3;1-5H;3H,1H2,2H3/b3-2+;;. The van der Waals surface area contributed by atoms with Gasteiger partial charge in [0.15, 0.2) is 0 Å². The highest BCUT2D eigenvalue weighted by Gasteiger charge is 1.87. The van der Waals surface area contributed by atoms with Gasteiger partial charge in [-0.1, -0.05) is 70.6 Å². The third-order valence-electron chi connectivity index (χ3n) is 2.44. The van der Waals surface area contributed by atoms with Gasteiger partial charge in [0.2, 0.25) is 0 Å². The van der Waals surface area contributed by atoms with Crippen LogP contribution in [0.4, 0.5) is 0 Å². The fourth-order valence-electron chi connectivity index (χ4n) is 1.42. The highest BCUT2D eigenvalue weighted by atomic mass is 79.9. The van der Waals surface area contributed by atoms with Gasteiger partial charge in [-0.3, -0.25) is 9.59 Å². The topological polar surface area (TPSA) is 34.1 Å². The molecule has 2 aromatic rings. The Labute approximate surface area is 146 Å². The lowest BCUT2D eigenvalue weighted by atomic mass is 10.1. The van der Waals surface area contributed by atoms with Gasteiger partial charge in [0.25, 0.3) is 0 Å². The summed E-state index contributed by atoms with van der Waals surface area (Å²) in [4.78, 5) is 20.4. The van der Waals surface area contributed by atoms with Crippen molar-refractivity contribution in [2.24, 2.45) is 0 Å². The summed E-state index contributed by atoms with van der Waals surface area (Å²) in [5.41, 5.74) is 2.55. The van der Waals surface area contributed by atoms with Crippen molar-refractivity contribution in [3.8, 4) is 0 Å². The molecule has 3 heteroatoms. The van der Waals surface area contributed by atoms with Crippen molar-refractivity contribution in [2.75, 3.05) is 0 Å². The van der Waals surface area contributed by atoms with Crippen LogP contribution in [0.15, 0.2) is 71.7 Å². The summed E-state index contributed by atoms with van der Waals surface area (Å²) in [6, 6.07) is 14.7. The first-order valence-electron chi connectivity index (χ1n) is 7.07. The van der Waals surface area contributed by atoms with Crippen LogP contribution < -0.4 is 0 Å². The van der Waals surface area contributed by atoms with E-state index in [-0.39, 0.29) is 0 Å². The van der Waals surface area contributed by atoms with E-state index in [1.165, 1.54) is 0 Å². The lowest BCUT2D eigenvalue weighted by molar-refractivity contribution is 0.111. The number of rotatable bonds is 3. The molecular weight excluding hydrogens is 352 g/mol. The molecule has 0 aliphatic carbocycles. The number of carbonyl (C=O) groups is 2. The Kier molecular flexibility index (Phi) is 12.1. The maximum absolute atomic E-state index is 10.3. The molecule has 0 radical (unpaired) electrons. The van der Waals surface area contributed by atoms with E-state index in [2.05, 4.69) is 22.5 Å². The Morgan fingerprint density at radius 2 is 1.13 bits per heavy atom. The van der Waals surface area contributed by atoms with E-state index in [0.717, 1.165) is 28.2 Å². The average molecular weight is 373 g/mol. The SMILES string of the molecule is C/C=C/c1ccc(C=O)cc1.C=CC.O=Cc1ccc(Br)cc1. The molecule has 120 valence electrons. The van der Waals surface area contributed by atoms with Crippen LogP contribution in [0.3, 0.4) is 0 Å². The van der Waals surface area contributed by atoms with Crippen molar-refractivity contribution in [3.05, 3.63) is 88.4 Å². The van der Waals surface area contributed by atoms with Gasteiger partial charge in [-0.15, -0.1) is 6.58 Å². The minimum absolute atomic E-state index is 0.707. The van der Waals surface area contributed by atoms with Gasteiger partial charge in [-0.05, 0) is 31.5 Å². The number of allylic oxidation sites excluding steroid dienone is 2. The van der Waals surface area contributed by atoms with Crippen LogP contribution in [-0.2, 0) is 0 Å². The van der Waals surface area contributed by atoms with Gasteiger partial charge >= 0.3 is 0 Å². The quantitative estimate of drug-likeness (QED) is 0.489. The summed E-state index contributed by atoms with van der Waals surface area (Å²) in [6.45, 7) is 7.22. The Bertz CT molecular complexity index is 611. The van der Waals surface area contributed by atoms with Crippen LogP contribution in [0.2, 0.25) is 0 Å². The summed E-state index contributed by atoms with van der Waals surface area (Å²) in [5, 5.41) is 0. The Hall–Kier alpha value is -2.26. The minimum atomic E-state index is 0.707. The van der Waals surface area contributed by atoms with Gasteiger partial charge in [0.05, 0.1) is 0 Å². The molecule has 2 nitrogen and oxygen atoms in total. The predicted octanol–water partition coefficient (Wildman–Crippen LogP) is 5.99. The second-order valence-electron chi connectivity index (χ2n) is 4.36. The van der Waals surface area contributed by atoms with E-state index in [1.54, 1.807) is 18.2 Å². The van der Waals surface area contributed by atoms with Crippen molar-refractivity contribution < 1.29 is 9.59 Å². The fraction of sp³-hybridized carbons (Fsp3) is 0.100. The van der Waals surface area contributed by atoms with Crippen LogP contribution >= 0.6 is 15.9 Å². The number of halogens is 1. The first-order chi connectivity index (χ1) is 11.1. The summed E-state index contributed by atoms with van der Waals surface area (Å²) in [6.07, 6.45) is 7.39. The van der Waals surface area contributed by atoms with Crippen LogP contribution in [0, 0.1) is 0 Å². The fourth-order valence-corrected chi connectivity index (χ4v) is 1.68. The molecule has 0 bridgehead atoms. The average Bonchev–Trinajstić information content (AvgIpc) is 2.58. The van der Waals surface area contributed by atoms with Crippen molar-refractivity contribution in [3.63, 3.8) is 0 Å². The molecule has 0 aromatic heterocycles. The molecule has 0 atom stereocenters. The van der Waals surface area contributed by atoms with E-state index < -0.39 is 0 Å². The van der Waals surface area contributed by atoms with Crippen LogP contribution in [-0.4, -0.2) is 12.6 Å². The third-order valence-corrected chi connectivity index (χ3v) is 2.97. The summed E-state index contributed by atoms with van der Waals surface area (Å²) < 4.78 is 0.994. The molecule has 0 unspecified atom stereocenters. The van der Waals surface area contributed by atoms with Crippen LogP contribution in [0.1, 0.15) is 40.1 Å². The molecule has 0 N–H and O–H groups in total. The Morgan fingerprint density at radius 1 is 0.783 bits per heavy atom. The normalized spacial score (nSPS) is 9.00. The van der Waals surface area contributed by atoms with Crippen LogP contribution in [0.25, 0.3) is 6.08 Å². The summed E-state index contributed by atoms with van der Waals surface area (Å²) >= 11 is 3.26. The highest BCUT2D eigenvalue weighted by molar-refractivity contribution is 9.10. The van der Waals surface area contributed by atoms with Gasteiger partial charge in [0.1, 0.15) is 12.6 Å². The first-order valence-corrected chi connectivity index (χ1v) is 7.86. The molecular formula is C20H21BrO2.